The van der Waals surface area contributed by atoms with E-state index in [1.807, 2.05) is 60.7 Å². The Morgan fingerprint density at radius 1 is 0.921 bits per heavy atom. The quantitative estimate of drug-likeness (QED) is 0.232. The molecule has 1 fully saturated rings. The number of benzene rings is 3. The van der Waals surface area contributed by atoms with Crippen molar-refractivity contribution >= 4 is 58.4 Å². The summed E-state index contributed by atoms with van der Waals surface area (Å²) in [6.07, 6.45) is 4.86. The van der Waals surface area contributed by atoms with Crippen LogP contribution in [0.15, 0.2) is 77.7 Å². The Bertz CT molecular complexity index is 1220. The molecule has 4 rings (SSSR count). The summed E-state index contributed by atoms with van der Waals surface area (Å²) < 4.78 is 0. The van der Waals surface area contributed by atoms with Gasteiger partial charge >= 0.3 is 0 Å². The molecule has 0 unspecified atom stereocenters. The van der Waals surface area contributed by atoms with Gasteiger partial charge in [-0.3, -0.25) is 9.59 Å². The number of nitrogens with one attached hydrogen (secondary N) is 1. The third kappa shape index (κ3) is 8.41. The van der Waals surface area contributed by atoms with E-state index < -0.39 is 6.04 Å². The Morgan fingerprint density at radius 2 is 1.61 bits per heavy atom. The molecule has 0 heterocycles. The number of rotatable bonds is 11. The van der Waals surface area contributed by atoms with Gasteiger partial charge in [0.2, 0.25) is 11.8 Å². The standard InChI is InChI=1S/C30H31Cl3N2O2S/c31-23-12-14-26(15-13-23)38-17-16-29(36)35(20-22-10-11-24(32)19-27(22)33)28(18-21-6-2-1-3-7-21)30(37)34-25-8-4-5-9-25/h1-3,6-7,10-15,19,25,28H,4-5,8-9,16-18,20H2,(H,34,37)/t28-/m0/s1. The van der Waals surface area contributed by atoms with E-state index in [-0.39, 0.29) is 30.8 Å². The van der Waals surface area contributed by atoms with Crippen LogP contribution in [0.5, 0.6) is 0 Å². The third-order valence-corrected chi connectivity index (χ3v) is 8.58. The molecule has 1 aliphatic carbocycles. The highest BCUT2D eigenvalue weighted by atomic mass is 35.5. The predicted molar refractivity (Wildman–Crippen MR) is 158 cm³/mol. The van der Waals surface area contributed by atoms with Crippen molar-refractivity contribution in [3.05, 3.63) is 99.0 Å². The Hall–Kier alpha value is -2.18. The van der Waals surface area contributed by atoms with Gasteiger partial charge in [-0.1, -0.05) is 84.0 Å². The fraction of sp³-hybridized carbons (Fsp3) is 0.333. The molecule has 2 amide bonds. The molecule has 4 nitrogen and oxygen atoms in total. The van der Waals surface area contributed by atoms with Gasteiger partial charge in [-0.15, -0.1) is 11.8 Å². The first-order valence-corrected chi connectivity index (χ1v) is 15.0. The maximum absolute atomic E-state index is 13.8. The number of hydrogen-bond donors (Lipinski definition) is 1. The van der Waals surface area contributed by atoms with E-state index in [0.29, 0.717) is 27.2 Å². The van der Waals surface area contributed by atoms with E-state index >= 15 is 0 Å². The number of hydrogen-bond acceptors (Lipinski definition) is 3. The Labute approximate surface area is 244 Å². The average Bonchev–Trinajstić information content (AvgIpc) is 3.42. The smallest absolute Gasteiger partial charge is 0.243 e. The number of carbonyl (C=O) groups is 2. The molecule has 38 heavy (non-hydrogen) atoms. The van der Waals surface area contributed by atoms with Gasteiger partial charge < -0.3 is 10.2 Å². The first kappa shape index (κ1) is 28.8. The lowest BCUT2D eigenvalue weighted by atomic mass is 10.0. The van der Waals surface area contributed by atoms with Crippen LogP contribution < -0.4 is 5.32 Å². The van der Waals surface area contributed by atoms with E-state index in [9.17, 15) is 9.59 Å². The second-order valence-electron chi connectivity index (χ2n) is 9.51. The van der Waals surface area contributed by atoms with E-state index in [4.69, 9.17) is 34.8 Å². The maximum Gasteiger partial charge on any atom is 0.243 e. The second-order valence-corrected chi connectivity index (χ2v) is 12.0. The van der Waals surface area contributed by atoms with Crippen LogP contribution in [0.25, 0.3) is 0 Å². The fourth-order valence-corrected chi connectivity index (χ4v) is 6.12. The van der Waals surface area contributed by atoms with E-state index in [1.54, 1.807) is 28.8 Å². The Morgan fingerprint density at radius 3 is 2.29 bits per heavy atom. The van der Waals surface area contributed by atoms with Gasteiger partial charge in [-0.25, -0.2) is 0 Å². The highest BCUT2D eigenvalue weighted by molar-refractivity contribution is 7.99. The summed E-state index contributed by atoms with van der Waals surface area (Å²) in [6, 6.07) is 22.1. The minimum Gasteiger partial charge on any atom is -0.352 e. The first-order valence-electron chi connectivity index (χ1n) is 12.8. The molecule has 1 atom stereocenters. The zero-order chi connectivity index (χ0) is 26.9. The molecule has 200 valence electrons. The summed E-state index contributed by atoms with van der Waals surface area (Å²) in [7, 11) is 0. The molecule has 0 radical (unpaired) electrons. The molecule has 0 aromatic heterocycles. The molecule has 3 aromatic carbocycles. The highest BCUT2D eigenvalue weighted by Gasteiger charge is 2.32. The number of carbonyl (C=O) groups excluding carboxylic acids is 2. The van der Waals surface area contributed by atoms with Gasteiger partial charge in [-0.2, -0.15) is 0 Å². The second kappa shape index (κ2) is 14.3. The minimum absolute atomic E-state index is 0.0972. The number of thioether (sulfide) groups is 1. The minimum atomic E-state index is -0.669. The first-order chi connectivity index (χ1) is 18.4. The lowest BCUT2D eigenvalue weighted by Crippen LogP contribution is -2.52. The molecule has 0 aliphatic heterocycles. The third-order valence-electron chi connectivity index (χ3n) is 6.73. The van der Waals surface area contributed by atoms with Crippen molar-refractivity contribution in [3.63, 3.8) is 0 Å². The zero-order valence-electron chi connectivity index (χ0n) is 21.0. The zero-order valence-corrected chi connectivity index (χ0v) is 24.1. The number of halogens is 3. The van der Waals surface area contributed by atoms with Crippen molar-refractivity contribution in [1.29, 1.82) is 0 Å². The summed E-state index contributed by atoms with van der Waals surface area (Å²) >= 11 is 20.2. The molecular weight excluding hydrogens is 559 g/mol. The normalized spacial score (nSPS) is 14.3. The Balaban J connectivity index is 1.58. The van der Waals surface area contributed by atoms with Crippen LogP contribution in [0.1, 0.15) is 43.2 Å². The number of nitrogens with zero attached hydrogens (tertiary/aromatic N) is 1. The van der Waals surface area contributed by atoms with Crippen molar-refractivity contribution in [2.24, 2.45) is 0 Å². The predicted octanol–water partition coefficient (Wildman–Crippen LogP) is 7.83. The molecule has 3 aromatic rings. The molecule has 0 spiro atoms. The van der Waals surface area contributed by atoms with Crippen LogP contribution >= 0.6 is 46.6 Å². The van der Waals surface area contributed by atoms with Gasteiger partial charge in [0.05, 0.1) is 0 Å². The Kier molecular flexibility index (Phi) is 10.8. The molecule has 8 heteroatoms. The van der Waals surface area contributed by atoms with Crippen LogP contribution in [0.4, 0.5) is 0 Å². The van der Waals surface area contributed by atoms with Crippen molar-refractivity contribution < 1.29 is 9.59 Å². The SMILES string of the molecule is O=C(NC1CCCC1)[C@H](Cc1ccccc1)N(Cc1ccc(Cl)cc1Cl)C(=O)CCSc1ccc(Cl)cc1. The van der Waals surface area contributed by atoms with E-state index in [1.165, 1.54) is 0 Å². The molecule has 0 bridgehead atoms. The van der Waals surface area contributed by atoms with Crippen molar-refractivity contribution in [2.75, 3.05) is 5.75 Å². The van der Waals surface area contributed by atoms with Gasteiger partial charge in [-0.05, 0) is 60.4 Å². The molecule has 1 saturated carbocycles. The molecule has 1 aliphatic rings. The topological polar surface area (TPSA) is 49.4 Å². The van der Waals surface area contributed by atoms with E-state index in [2.05, 4.69) is 5.32 Å². The summed E-state index contributed by atoms with van der Waals surface area (Å²) in [4.78, 5) is 30.2. The van der Waals surface area contributed by atoms with Crippen LogP contribution in [0, 0.1) is 0 Å². The monoisotopic (exact) mass is 588 g/mol. The van der Waals surface area contributed by atoms with Gasteiger partial charge in [0, 0.05) is 51.1 Å². The highest BCUT2D eigenvalue weighted by Crippen LogP contribution is 2.26. The lowest BCUT2D eigenvalue weighted by molar-refractivity contribution is -0.141. The van der Waals surface area contributed by atoms with Gasteiger partial charge in [0.25, 0.3) is 0 Å². The van der Waals surface area contributed by atoms with Crippen LogP contribution in [0.3, 0.4) is 0 Å². The van der Waals surface area contributed by atoms with E-state index in [0.717, 1.165) is 41.7 Å². The molecular formula is C30H31Cl3N2O2S. The maximum atomic E-state index is 13.8. The molecule has 0 saturated heterocycles. The van der Waals surface area contributed by atoms with Crippen LogP contribution in [0.2, 0.25) is 15.1 Å². The van der Waals surface area contributed by atoms with Crippen LogP contribution in [-0.4, -0.2) is 34.6 Å². The van der Waals surface area contributed by atoms with Crippen LogP contribution in [-0.2, 0) is 22.6 Å². The van der Waals surface area contributed by atoms with Crippen molar-refractivity contribution in [3.8, 4) is 0 Å². The molecule has 1 N–H and O–H groups in total. The summed E-state index contributed by atoms with van der Waals surface area (Å²) in [5.41, 5.74) is 1.75. The number of amides is 2. The lowest BCUT2D eigenvalue weighted by Gasteiger charge is -2.32. The summed E-state index contributed by atoms with van der Waals surface area (Å²) in [6.45, 7) is 0.218. The average molecular weight is 590 g/mol. The van der Waals surface area contributed by atoms with Crippen molar-refractivity contribution in [1.82, 2.24) is 10.2 Å². The largest absolute Gasteiger partial charge is 0.352 e. The summed E-state index contributed by atoms with van der Waals surface area (Å²) in [5, 5.41) is 4.90. The fourth-order valence-electron chi connectivity index (χ4n) is 4.69. The van der Waals surface area contributed by atoms with Gasteiger partial charge in [0.1, 0.15) is 6.04 Å². The summed E-state index contributed by atoms with van der Waals surface area (Å²) in [5.74, 6) is 0.359. The van der Waals surface area contributed by atoms with Crippen molar-refractivity contribution in [2.45, 2.75) is 62.0 Å². The van der Waals surface area contributed by atoms with Gasteiger partial charge in [0.15, 0.2) is 0 Å².